The second-order valence-electron chi connectivity index (χ2n) is 4.72. The molecule has 0 radical (unpaired) electrons. The van der Waals surface area contributed by atoms with Crippen LogP contribution in [0, 0.1) is 3.57 Å². The van der Waals surface area contributed by atoms with Gasteiger partial charge in [-0.15, -0.1) is 0 Å². The summed E-state index contributed by atoms with van der Waals surface area (Å²) in [4.78, 5) is 7.83. The number of nitrogens with zero attached hydrogens (tertiary/aromatic N) is 6. The number of hydrogen-bond acceptors (Lipinski definition) is 5. The van der Waals surface area contributed by atoms with Crippen molar-refractivity contribution in [2.45, 2.75) is 18.7 Å². The summed E-state index contributed by atoms with van der Waals surface area (Å²) in [6.07, 6.45) is 6.06. The normalized spacial score (nSPS) is 11.7. The number of benzene rings is 1. The van der Waals surface area contributed by atoms with Crippen LogP contribution in [-0.4, -0.2) is 34.6 Å². The molecule has 0 saturated carbocycles. The lowest BCUT2D eigenvalue weighted by Crippen LogP contribution is -2.36. The third kappa shape index (κ3) is 3.27. The molecule has 0 atom stereocenters. The van der Waals surface area contributed by atoms with Crippen molar-refractivity contribution in [1.82, 2.24) is 29.5 Å². The Morgan fingerprint density at radius 2 is 1.48 bits per heavy atom. The standard InChI is InChI=1S/C13H13IN6O/c14-12-3-1-11(2-4-12)13(21,5-19-9-15-7-17-19)6-20-10-16-8-18-20/h1-4,7-10,21H,5-6H2. The third-order valence-corrected chi connectivity index (χ3v) is 3.88. The molecule has 3 rings (SSSR count). The molecule has 2 heterocycles. The van der Waals surface area contributed by atoms with Gasteiger partial charge in [-0.05, 0) is 40.3 Å². The third-order valence-electron chi connectivity index (χ3n) is 3.16. The van der Waals surface area contributed by atoms with Gasteiger partial charge >= 0.3 is 0 Å². The zero-order valence-electron chi connectivity index (χ0n) is 11.0. The van der Waals surface area contributed by atoms with Gasteiger partial charge in [0.2, 0.25) is 0 Å². The van der Waals surface area contributed by atoms with Gasteiger partial charge in [0.25, 0.3) is 0 Å². The first-order valence-electron chi connectivity index (χ1n) is 6.29. The van der Waals surface area contributed by atoms with Crippen LogP contribution >= 0.6 is 22.6 Å². The summed E-state index contributed by atoms with van der Waals surface area (Å²) in [6.45, 7) is 0.570. The highest BCUT2D eigenvalue weighted by atomic mass is 127. The van der Waals surface area contributed by atoms with Crippen LogP contribution in [0.25, 0.3) is 0 Å². The summed E-state index contributed by atoms with van der Waals surface area (Å²) in [5.41, 5.74) is -0.347. The average molecular weight is 396 g/mol. The zero-order valence-corrected chi connectivity index (χ0v) is 13.2. The van der Waals surface area contributed by atoms with E-state index in [-0.39, 0.29) is 13.1 Å². The van der Waals surface area contributed by atoms with Gasteiger partial charge < -0.3 is 5.11 Å². The Kier molecular flexibility index (Phi) is 3.97. The van der Waals surface area contributed by atoms with Crippen molar-refractivity contribution in [2.24, 2.45) is 0 Å². The number of hydrogen-bond donors (Lipinski definition) is 1. The van der Waals surface area contributed by atoms with E-state index in [2.05, 4.69) is 42.8 Å². The topological polar surface area (TPSA) is 81.6 Å². The molecule has 108 valence electrons. The fourth-order valence-corrected chi connectivity index (χ4v) is 2.52. The van der Waals surface area contributed by atoms with Gasteiger partial charge in [-0.25, -0.2) is 19.3 Å². The van der Waals surface area contributed by atoms with E-state index in [1.165, 1.54) is 12.7 Å². The Morgan fingerprint density at radius 3 is 1.90 bits per heavy atom. The summed E-state index contributed by atoms with van der Waals surface area (Å²) >= 11 is 2.23. The number of aliphatic hydroxyl groups is 1. The van der Waals surface area contributed by atoms with Gasteiger partial charge in [-0.1, -0.05) is 12.1 Å². The SMILES string of the molecule is OC(Cn1cncn1)(Cn1cncn1)c1ccc(I)cc1. The molecular weight excluding hydrogens is 383 g/mol. The zero-order chi connectivity index (χ0) is 14.7. The van der Waals surface area contributed by atoms with Crippen LogP contribution in [0.3, 0.4) is 0 Å². The van der Waals surface area contributed by atoms with E-state index in [0.29, 0.717) is 0 Å². The second-order valence-corrected chi connectivity index (χ2v) is 5.97. The van der Waals surface area contributed by atoms with Crippen molar-refractivity contribution >= 4 is 22.6 Å². The molecule has 1 aromatic carbocycles. The van der Waals surface area contributed by atoms with E-state index in [4.69, 9.17) is 0 Å². The predicted octanol–water partition coefficient (Wildman–Crippen LogP) is 1.06. The van der Waals surface area contributed by atoms with E-state index >= 15 is 0 Å². The fraction of sp³-hybridized carbons (Fsp3) is 0.231. The molecule has 0 amide bonds. The Labute approximate surface area is 134 Å². The molecule has 0 fully saturated rings. The Bertz CT molecular complexity index is 644. The summed E-state index contributed by atoms with van der Waals surface area (Å²) in [6, 6.07) is 7.75. The van der Waals surface area contributed by atoms with Gasteiger partial charge in [0.15, 0.2) is 0 Å². The van der Waals surface area contributed by atoms with Gasteiger partial charge in [0.05, 0.1) is 13.1 Å². The Balaban J connectivity index is 1.94. The van der Waals surface area contributed by atoms with Crippen molar-refractivity contribution in [3.8, 4) is 0 Å². The molecule has 21 heavy (non-hydrogen) atoms. The maximum Gasteiger partial charge on any atom is 0.137 e. The van der Waals surface area contributed by atoms with E-state index in [9.17, 15) is 5.11 Å². The summed E-state index contributed by atoms with van der Waals surface area (Å²) in [5, 5.41) is 19.3. The highest BCUT2D eigenvalue weighted by Gasteiger charge is 2.31. The minimum Gasteiger partial charge on any atom is -0.381 e. The molecule has 0 aliphatic carbocycles. The molecule has 0 unspecified atom stereocenters. The van der Waals surface area contributed by atoms with Gasteiger partial charge in [-0.2, -0.15) is 10.2 Å². The maximum absolute atomic E-state index is 11.1. The van der Waals surface area contributed by atoms with Crippen LogP contribution in [0.15, 0.2) is 49.6 Å². The van der Waals surface area contributed by atoms with Crippen LogP contribution in [-0.2, 0) is 18.7 Å². The lowest BCUT2D eigenvalue weighted by atomic mass is 9.93. The van der Waals surface area contributed by atoms with E-state index in [1.807, 2.05) is 24.3 Å². The largest absolute Gasteiger partial charge is 0.381 e. The molecule has 0 saturated heterocycles. The maximum atomic E-state index is 11.1. The summed E-state index contributed by atoms with van der Waals surface area (Å²) < 4.78 is 4.32. The van der Waals surface area contributed by atoms with Crippen molar-refractivity contribution in [3.63, 3.8) is 0 Å². The first-order valence-corrected chi connectivity index (χ1v) is 7.37. The smallest absolute Gasteiger partial charge is 0.137 e. The van der Waals surface area contributed by atoms with Crippen LogP contribution in [0.1, 0.15) is 5.56 Å². The molecule has 0 bridgehead atoms. The minimum absolute atomic E-state index is 0.285. The lowest BCUT2D eigenvalue weighted by molar-refractivity contribution is -0.00542. The molecule has 1 N–H and O–H groups in total. The molecule has 0 aliphatic heterocycles. The van der Waals surface area contributed by atoms with Gasteiger partial charge in [0, 0.05) is 3.57 Å². The minimum atomic E-state index is -1.15. The number of halogens is 1. The second kappa shape index (κ2) is 5.90. The number of aromatic nitrogens is 6. The molecule has 0 aliphatic rings. The van der Waals surface area contributed by atoms with Gasteiger partial charge in [0.1, 0.15) is 30.9 Å². The Morgan fingerprint density at radius 1 is 0.952 bits per heavy atom. The molecule has 0 spiro atoms. The highest BCUT2D eigenvalue weighted by molar-refractivity contribution is 14.1. The molecule has 2 aromatic heterocycles. The molecule has 7 nitrogen and oxygen atoms in total. The summed E-state index contributed by atoms with van der Waals surface area (Å²) in [5.74, 6) is 0. The van der Waals surface area contributed by atoms with Crippen molar-refractivity contribution < 1.29 is 5.11 Å². The van der Waals surface area contributed by atoms with Gasteiger partial charge in [-0.3, -0.25) is 0 Å². The van der Waals surface area contributed by atoms with E-state index in [0.717, 1.165) is 9.13 Å². The number of rotatable bonds is 5. The first-order chi connectivity index (χ1) is 10.2. The van der Waals surface area contributed by atoms with Crippen LogP contribution in [0.4, 0.5) is 0 Å². The van der Waals surface area contributed by atoms with Crippen molar-refractivity contribution in [1.29, 1.82) is 0 Å². The monoisotopic (exact) mass is 396 g/mol. The molecular formula is C13H13IN6O. The van der Waals surface area contributed by atoms with Crippen LogP contribution in [0.2, 0.25) is 0 Å². The predicted molar refractivity (Wildman–Crippen MR) is 83.1 cm³/mol. The fourth-order valence-electron chi connectivity index (χ4n) is 2.16. The summed E-state index contributed by atoms with van der Waals surface area (Å²) in [7, 11) is 0. The average Bonchev–Trinajstić information content (AvgIpc) is 3.13. The van der Waals surface area contributed by atoms with Crippen LogP contribution in [0.5, 0.6) is 0 Å². The van der Waals surface area contributed by atoms with E-state index < -0.39 is 5.60 Å². The molecule has 3 aromatic rings. The van der Waals surface area contributed by atoms with Crippen LogP contribution < -0.4 is 0 Å². The Hall–Kier alpha value is -1.81. The molecule has 8 heteroatoms. The quantitative estimate of drug-likeness (QED) is 0.653. The van der Waals surface area contributed by atoms with E-state index in [1.54, 1.807) is 22.0 Å². The highest BCUT2D eigenvalue weighted by Crippen LogP contribution is 2.25. The van der Waals surface area contributed by atoms with Crippen molar-refractivity contribution in [3.05, 3.63) is 58.7 Å². The van der Waals surface area contributed by atoms with Crippen molar-refractivity contribution in [2.75, 3.05) is 0 Å². The first kappa shape index (κ1) is 14.1. The lowest BCUT2D eigenvalue weighted by Gasteiger charge is -2.28.